The Kier molecular flexibility index (Phi) is 4.17. The molecule has 5 heteroatoms. The Hall–Kier alpha value is -0.650. The van der Waals surface area contributed by atoms with Crippen molar-refractivity contribution in [2.75, 3.05) is 13.7 Å². The predicted molar refractivity (Wildman–Crippen MR) is 65.7 cm³/mol. The summed E-state index contributed by atoms with van der Waals surface area (Å²) >= 11 is 0. The number of methoxy groups -OCH3 is 1. The maximum atomic E-state index is 12.0. The number of amides is 1. The summed E-state index contributed by atoms with van der Waals surface area (Å²) in [5, 5.41) is 16.0. The van der Waals surface area contributed by atoms with Crippen LogP contribution in [0.1, 0.15) is 34.1 Å². The summed E-state index contributed by atoms with van der Waals surface area (Å²) in [4.78, 5) is 12.0. The summed E-state index contributed by atoms with van der Waals surface area (Å²) in [5.74, 6) is -0.0864. The molecule has 0 aromatic carbocycles. The molecule has 1 aliphatic heterocycles. The van der Waals surface area contributed by atoms with Crippen molar-refractivity contribution in [3.8, 4) is 0 Å². The molecule has 100 valence electrons. The van der Waals surface area contributed by atoms with Gasteiger partial charge in [-0.2, -0.15) is 0 Å². The number of carbonyl (C=O) groups is 1. The molecular formula is C12H24N2O3. The molecule has 0 bridgehead atoms. The van der Waals surface area contributed by atoms with Gasteiger partial charge in [0.1, 0.15) is 0 Å². The molecule has 5 nitrogen and oxygen atoms in total. The topological polar surface area (TPSA) is 70.6 Å². The van der Waals surface area contributed by atoms with Gasteiger partial charge in [-0.15, -0.1) is 0 Å². The van der Waals surface area contributed by atoms with Gasteiger partial charge in [-0.05, 0) is 34.1 Å². The molecule has 1 fully saturated rings. The number of aliphatic hydroxyl groups is 1. The largest absolute Gasteiger partial charge is 0.388 e. The molecule has 1 aliphatic rings. The van der Waals surface area contributed by atoms with Crippen LogP contribution in [0.4, 0.5) is 0 Å². The van der Waals surface area contributed by atoms with Crippen molar-refractivity contribution in [2.45, 2.75) is 57.4 Å². The van der Waals surface area contributed by atoms with Gasteiger partial charge in [0.25, 0.3) is 0 Å². The van der Waals surface area contributed by atoms with E-state index in [1.807, 2.05) is 13.8 Å². The third kappa shape index (κ3) is 3.40. The van der Waals surface area contributed by atoms with Gasteiger partial charge in [0.2, 0.25) is 5.91 Å². The first-order valence-corrected chi connectivity index (χ1v) is 5.98. The van der Waals surface area contributed by atoms with Crippen LogP contribution < -0.4 is 10.6 Å². The normalized spacial score (nSPS) is 26.0. The molecule has 0 aromatic heterocycles. The molecule has 0 aromatic rings. The highest BCUT2D eigenvalue weighted by molar-refractivity contribution is 5.83. The van der Waals surface area contributed by atoms with Gasteiger partial charge in [0.05, 0.1) is 23.3 Å². The SMILES string of the molecule is COC1CNC(C(=O)NC(C)(C)C(C)(C)O)C1. The molecule has 2 atom stereocenters. The van der Waals surface area contributed by atoms with E-state index in [0.29, 0.717) is 13.0 Å². The van der Waals surface area contributed by atoms with Gasteiger partial charge in [-0.3, -0.25) is 4.79 Å². The van der Waals surface area contributed by atoms with E-state index in [-0.39, 0.29) is 18.1 Å². The summed E-state index contributed by atoms with van der Waals surface area (Å²) in [7, 11) is 1.65. The minimum atomic E-state index is -0.970. The van der Waals surface area contributed by atoms with E-state index in [4.69, 9.17) is 4.74 Å². The Labute approximate surface area is 103 Å². The van der Waals surface area contributed by atoms with Crippen molar-refractivity contribution in [1.82, 2.24) is 10.6 Å². The van der Waals surface area contributed by atoms with E-state index in [9.17, 15) is 9.90 Å². The number of carbonyl (C=O) groups excluding carboxylic acids is 1. The Balaban J connectivity index is 2.56. The summed E-state index contributed by atoms with van der Waals surface area (Å²) in [5.41, 5.74) is -1.64. The van der Waals surface area contributed by atoms with Gasteiger partial charge in [-0.1, -0.05) is 0 Å². The number of ether oxygens (including phenoxy) is 1. The second-order valence-electron chi connectivity index (χ2n) is 5.73. The molecule has 2 unspecified atom stereocenters. The van der Waals surface area contributed by atoms with Crippen LogP contribution in [-0.2, 0) is 9.53 Å². The number of rotatable bonds is 4. The van der Waals surface area contributed by atoms with Crippen molar-refractivity contribution < 1.29 is 14.6 Å². The number of hydrogen-bond acceptors (Lipinski definition) is 4. The zero-order valence-corrected chi connectivity index (χ0v) is 11.3. The minimum Gasteiger partial charge on any atom is -0.388 e. The fourth-order valence-corrected chi connectivity index (χ4v) is 1.63. The highest BCUT2D eigenvalue weighted by atomic mass is 16.5. The Morgan fingerprint density at radius 2 is 2.00 bits per heavy atom. The minimum absolute atomic E-state index is 0.0864. The highest BCUT2D eigenvalue weighted by Gasteiger charge is 2.39. The second-order valence-corrected chi connectivity index (χ2v) is 5.73. The molecule has 0 aliphatic carbocycles. The van der Waals surface area contributed by atoms with E-state index >= 15 is 0 Å². The molecular weight excluding hydrogens is 220 g/mol. The Morgan fingerprint density at radius 3 is 2.41 bits per heavy atom. The van der Waals surface area contributed by atoms with Crippen LogP contribution in [0.2, 0.25) is 0 Å². The van der Waals surface area contributed by atoms with Crippen molar-refractivity contribution in [2.24, 2.45) is 0 Å². The van der Waals surface area contributed by atoms with Gasteiger partial charge < -0.3 is 20.5 Å². The quantitative estimate of drug-likeness (QED) is 0.652. The third-order valence-electron chi connectivity index (χ3n) is 3.71. The Morgan fingerprint density at radius 1 is 1.41 bits per heavy atom. The summed E-state index contributed by atoms with van der Waals surface area (Å²) in [6.45, 7) is 7.69. The van der Waals surface area contributed by atoms with Gasteiger partial charge in [0.15, 0.2) is 0 Å². The molecule has 0 saturated carbocycles. The molecule has 0 radical (unpaired) electrons. The van der Waals surface area contributed by atoms with Crippen molar-refractivity contribution in [3.05, 3.63) is 0 Å². The van der Waals surface area contributed by atoms with E-state index in [1.165, 1.54) is 0 Å². The molecule has 17 heavy (non-hydrogen) atoms. The van der Waals surface area contributed by atoms with Crippen LogP contribution >= 0.6 is 0 Å². The molecule has 1 rings (SSSR count). The van der Waals surface area contributed by atoms with Gasteiger partial charge in [-0.25, -0.2) is 0 Å². The predicted octanol–water partition coefficient (Wildman–Crippen LogP) is 0.0290. The van der Waals surface area contributed by atoms with Crippen LogP contribution in [-0.4, -0.2) is 48.0 Å². The smallest absolute Gasteiger partial charge is 0.237 e. The average molecular weight is 244 g/mol. The van der Waals surface area contributed by atoms with E-state index in [1.54, 1.807) is 21.0 Å². The lowest BCUT2D eigenvalue weighted by atomic mass is 9.85. The molecule has 1 heterocycles. The van der Waals surface area contributed by atoms with E-state index < -0.39 is 11.1 Å². The van der Waals surface area contributed by atoms with E-state index in [0.717, 1.165) is 0 Å². The van der Waals surface area contributed by atoms with Gasteiger partial charge in [0, 0.05) is 13.7 Å². The van der Waals surface area contributed by atoms with Crippen LogP contribution in [0.15, 0.2) is 0 Å². The van der Waals surface area contributed by atoms with E-state index in [2.05, 4.69) is 10.6 Å². The zero-order valence-electron chi connectivity index (χ0n) is 11.3. The molecule has 3 N–H and O–H groups in total. The lowest BCUT2D eigenvalue weighted by Gasteiger charge is -2.38. The summed E-state index contributed by atoms with van der Waals surface area (Å²) in [6.07, 6.45) is 0.764. The first kappa shape index (κ1) is 14.4. The Bertz CT molecular complexity index is 284. The highest BCUT2D eigenvalue weighted by Crippen LogP contribution is 2.21. The monoisotopic (exact) mass is 244 g/mol. The first-order valence-electron chi connectivity index (χ1n) is 5.98. The number of hydrogen-bond donors (Lipinski definition) is 3. The summed E-state index contributed by atoms with van der Waals surface area (Å²) < 4.78 is 5.20. The van der Waals surface area contributed by atoms with Crippen LogP contribution in [0.5, 0.6) is 0 Å². The maximum Gasteiger partial charge on any atom is 0.237 e. The van der Waals surface area contributed by atoms with Crippen molar-refractivity contribution in [1.29, 1.82) is 0 Å². The van der Waals surface area contributed by atoms with Crippen LogP contribution in [0, 0.1) is 0 Å². The first-order chi connectivity index (χ1) is 7.67. The van der Waals surface area contributed by atoms with Crippen molar-refractivity contribution in [3.63, 3.8) is 0 Å². The standard InChI is InChI=1S/C12H24N2O3/c1-11(2,12(3,4)16)14-10(15)9-6-8(17-5)7-13-9/h8-9,13,16H,6-7H2,1-5H3,(H,14,15). The van der Waals surface area contributed by atoms with Crippen LogP contribution in [0.25, 0.3) is 0 Å². The fraction of sp³-hybridized carbons (Fsp3) is 0.917. The third-order valence-corrected chi connectivity index (χ3v) is 3.71. The lowest BCUT2D eigenvalue weighted by molar-refractivity contribution is -0.128. The molecule has 0 spiro atoms. The second kappa shape index (κ2) is 4.92. The van der Waals surface area contributed by atoms with Crippen LogP contribution in [0.3, 0.4) is 0 Å². The average Bonchev–Trinajstić information content (AvgIpc) is 2.63. The zero-order chi connectivity index (χ0) is 13.3. The maximum absolute atomic E-state index is 12.0. The molecule has 1 saturated heterocycles. The summed E-state index contributed by atoms with van der Waals surface area (Å²) in [6, 6.07) is -0.235. The lowest BCUT2D eigenvalue weighted by Crippen LogP contribution is -2.60. The molecule has 1 amide bonds. The van der Waals surface area contributed by atoms with Crippen molar-refractivity contribution >= 4 is 5.91 Å². The van der Waals surface area contributed by atoms with Gasteiger partial charge >= 0.3 is 0 Å². The fourth-order valence-electron chi connectivity index (χ4n) is 1.63. The number of nitrogens with one attached hydrogen (secondary N) is 2.